The van der Waals surface area contributed by atoms with Crippen LogP contribution >= 0.6 is 0 Å². The van der Waals surface area contributed by atoms with Gasteiger partial charge in [0, 0.05) is 29.1 Å². The zero-order chi connectivity index (χ0) is 22.8. The van der Waals surface area contributed by atoms with Gasteiger partial charge in [-0.3, -0.25) is 4.79 Å². The van der Waals surface area contributed by atoms with E-state index < -0.39 is 5.41 Å². The van der Waals surface area contributed by atoms with Crippen LogP contribution in [0.15, 0.2) is 60.8 Å². The first-order chi connectivity index (χ1) is 16.1. The molecule has 2 heterocycles. The second-order valence-electron chi connectivity index (χ2n) is 7.86. The van der Waals surface area contributed by atoms with Crippen LogP contribution in [0.3, 0.4) is 0 Å². The summed E-state index contributed by atoms with van der Waals surface area (Å²) in [6, 6.07) is 15.4. The number of nitrogens with zero attached hydrogens (tertiary/aromatic N) is 4. The zero-order valence-electron chi connectivity index (χ0n) is 17.9. The van der Waals surface area contributed by atoms with Crippen molar-refractivity contribution in [1.29, 1.82) is 0 Å². The Labute approximate surface area is 189 Å². The average molecular weight is 444 g/mol. The molecule has 0 atom stereocenters. The highest BCUT2D eigenvalue weighted by Gasteiger charge is 2.51. The topological polar surface area (TPSA) is 106 Å². The van der Waals surface area contributed by atoms with E-state index in [9.17, 15) is 9.18 Å². The predicted molar refractivity (Wildman–Crippen MR) is 120 cm³/mol. The highest BCUT2D eigenvalue weighted by atomic mass is 19.1. The van der Waals surface area contributed by atoms with Crippen LogP contribution in [0.25, 0.3) is 22.5 Å². The van der Waals surface area contributed by atoms with Crippen LogP contribution in [-0.4, -0.2) is 38.1 Å². The van der Waals surface area contributed by atoms with Gasteiger partial charge in [0.15, 0.2) is 0 Å². The molecule has 1 amide bonds. The van der Waals surface area contributed by atoms with Crippen molar-refractivity contribution in [3.05, 3.63) is 72.2 Å². The van der Waals surface area contributed by atoms with Gasteiger partial charge in [-0.15, -0.1) is 10.2 Å². The van der Waals surface area contributed by atoms with Gasteiger partial charge in [-0.1, -0.05) is 18.2 Å². The van der Waals surface area contributed by atoms with Crippen LogP contribution in [0, 0.1) is 5.82 Å². The summed E-state index contributed by atoms with van der Waals surface area (Å²) in [7, 11) is 0. The van der Waals surface area contributed by atoms with E-state index in [-0.39, 0.29) is 11.7 Å². The van der Waals surface area contributed by atoms with Crippen molar-refractivity contribution in [2.45, 2.75) is 25.2 Å². The Morgan fingerprint density at radius 3 is 2.70 bits per heavy atom. The maximum atomic E-state index is 13.7. The molecule has 0 aliphatic heterocycles. The third-order valence-electron chi connectivity index (χ3n) is 5.77. The van der Waals surface area contributed by atoms with Crippen molar-refractivity contribution >= 4 is 11.6 Å². The van der Waals surface area contributed by atoms with E-state index >= 15 is 0 Å². The molecule has 1 aliphatic rings. The van der Waals surface area contributed by atoms with E-state index in [1.165, 1.54) is 12.1 Å². The molecule has 4 aromatic rings. The number of H-pyrrole nitrogens is 1. The molecule has 1 aliphatic carbocycles. The molecule has 2 N–H and O–H groups in total. The van der Waals surface area contributed by atoms with Crippen molar-refractivity contribution in [1.82, 2.24) is 25.6 Å². The highest BCUT2D eigenvalue weighted by molar-refractivity contribution is 6.02. The van der Waals surface area contributed by atoms with Crippen molar-refractivity contribution in [2.24, 2.45) is 0 Å². The van der Waals surface area contributed by atoms with Gasteiger partial charge in [0.2, 0.25) is 17.6 Å². The second kappa shape index (κ2) is 8.42. The van der Waals surface area contributed by atoms with Crippen LogP contribution in [0.5, 0.6) is 5.88 Å². The minimum absolute atomic E-state index is 0.164. The molecular weight excluding hydrogens is 423 g/mol. The average Bonchev–Trinajstić information content (AvgIpc) is 3.47. The lowest BCUT2D eigenvalue weighted by Gasteiger charge is -2.17. The van der Waals surface area contributed by atoms with Gasteiger partial charge in [-0.2, -0.15) is 5.21 Å². The third-order valence-corrected chi connectivity index (χ3v) is 5.77. The number of halogens is 1. The number of hydrogen-bond acceptors (Lipinski definition) is 6. The van der Waals surface area contributed by atoms with Crippen LogP contribution in [0.1, 0.15) is 25.3 Å². The van der Waals surface area contributed by atoms with Gasteiger partial charge >= 0.3 is 0 Å². The lowest BCUT2D eigenvalue weighted by molar-refractivity contribution is -0.118. The van der Waals surface area contributed by atoms with E-state index in [0.29, 0.717) is 48.0 Å². The summed E-state index contributed by atoms with van der Waals surface area (Å²) >= 11 is 0. The highest BCUT2D eigenvalue weighted by Crippen LogP contribution is 2.49. The standard InChI is InChI=1S/C24H21FN6O2/c1-2-33-21-9-6-15(14-26-21)19-8-7-18(13-20(19)22-28-30-31-29-22)27-23(32)24(10-11-24)16-4-3-5-17(25)12-16/h3-9,12-14H,2,10-11H2,1H3,(H,27,32)(H,28,29,30,31). The fourth-order valence-electron chi connectivity index (χ4n) is 3.92. The van der Waals surface area contributed by atoms with Crippen molar-refractivity contribution < 1.29 is 13.9 Å². The molecule has 2 aromatic carbocycles. The van der Waals surface area contributed by atoms with Crippen LogP contribution in [0.4, 0.5) is 10.1 Å². The molecule has 33 heavy (non-hydrogen) atoms. The largest absolute Gasteiger partial charge is 0.478 e. The van der Waals surface area contributed by atoms with Crippen LogP contribution in [0.2, 0.25) is 0 Å². The summed E-state index contributed by atoms with van der Waals surface area (Å²) in [6.07, 6.45) is 3.07. The Morgan fingerprint density at radius 1 is 1.15 bits per heavy atom. The van der Waals surface area contributed by atoms with Gasteiger partial charge in [0.25, 0.3) is 0 Å². The maximum Gasteiger partial charge on any atom is 0.235 e. The molecule has 1 fully saturated rings. The Kier molecular flexibility index (Phi) is 5.29. The number of nitrogens with one attached hydrogen (secondary N) is 2. The summed E-state index contributed by atoms with van der Waals surface area (Å²) in [5.74, 6) is 0.418. The van der Waals surface area contributed by atoms with E-state index in [4.69, 9.17) is 4.74 Å². The van der Waals surface area contributed by atoms with E-state index in [1.54, 1.807) is 30.5 Å². The molecule has 2 aromatic heterocycles. The first-order valence-corrected chi connectivity index (χ1v) is 10.6. The summed E-state index contributed by atoms with van der Waals surface area (Å²) in [5.41, 5.74) is 2.93. The molecule has 166 valence electrons. The Morgan fingerprint density at radius 2 is 2.03 bits per heavy atom. The van der Waals surface area contributed by atoms with Gasteiger partial charge in [-0.25, -0.2) is 9.37 Å². The quantitative estimate of drug-likeness (QED) is 0.444. The molecule has 0 bridgehead atoms. The number of benzene rings is 2. The molecule has 0 radical (unpaired) electrons. The van der Waals surface area contributed by atoms with E-state index in [2.05, 4.69) is 30.9 Å². The molecule has 0 saturated heterocycles. The maximum absolute atomic E-state index is 13.7. The number of ether oxygens (including phenoxy) is 1. The fourth-order valence-corrected chi connectivity index (χ4v) is 3.92. The monoisotopic (exact) mass is 444 g/mol. The minimum Gasteiger partial charge on any atom is -0.478 e. The number of rotatable bonds is 7. The number of carbonyl (C=O) groups is 1. The van der Waals surface area contributed by atoms with Crippen molar-refractivity contribution in [3.8, 4) is 28.4 Å². The summed E-state index contributed by atoms with van der Waals surface area (Å²) < 4.78 is 19.2. The Hall–Kier alpha value is -4.14. The number of hydrogen-bond donors (Lipinski definition) is 2. The van der Waals surface area contributed by atoms with Crippen molar-refractivity contribution in [2.75, 3.05) is 11.9 Å². The molecule has 9 heteroatoms. The SMILES string of the molecule is CCOc1ccc(-c2ccc(NC(=O)C3(c4cccc(F)c4)CC3)cc2-c2nn[nH]n2)cn1. The van der Waals surface area contributed by atoms with Gasteiger partial charge in [-0.05, 0) is 66.4 Å². The lowest BCUT2D eigenvalue weighted by Crippen LogP contribution is -2.27. The summed E-state index contributed by atoms with van der Waals surface area (Å²) in [5, 5.41) is 17.3. The number of aromatic nitrogens is 5. The summed E-state index contributed by atoms with van der Waals surface area (Å²) in [6.45, 7) is 2.43. The van der Waals surface area contributed by atoms with Gasteiger partial charge in [0.05, 0.1) is 12.0 Å². The first-order valence-electron chi connectivity index (χ1n) is 10.6. The molecular formula is C24H21FN6O2. The second-order valence-corrected chi connectivity index (χ2v) is 7.86. The number of carbonyl (C=O) groups excluding carboxylic acids is 1. The number of anilines is 1. The molecule has 0 unspecified atom stereocenters. The predicted octanol–water partition coefficient (Wildman–Crippen LogP) is 4.14. The van der Waals surface area contributed by atoms with Crippen LogP contribution in [-0.2, 0) is 10.2 Å². The number of aromatic amines is 1. The number of amides is 1. The molecule has 8 nitrogen and oxygen atoms in total. The van der Waals surface area contributed by atoms with E-state index in [0.717, 1.165) is 11.1 Å². The fraction of sp³-hybridized carbons (Fsp3) is 0.208. The van der Waals surface area contributed by atoms with E-state index in [1.807, 2.05) is 25.1 Å². The molecule has 1 saturated carbocycles. The normalized spacial score (nSPS) is 14.0. The third kappa shape index (κ3) is 4.05. The molecule has 5 rings (SSSR count). The summed E-state index contributed by atoms with van der Waals surface area (Å²) in [4.78, 5) is 17.5. The van der Waals surface area contributed by atoms with Gasteiger partial charge in [0.1, 0.15) is 5.82 Å². The first kappa shape index (κ1) is 20.7. The van der Waals surface area contributed by atoms with Crippen molar-refractivity contribution in [3.63, 3.8) is 0 Å². The smallest absolute Gasteiger partial charge is 0.235 e. The zero-order valence-corrected chi connectivity index (χ0v) is 17.9. The Bertz CT molecular complexity index is 1290. The van der Waals surface area contributed by atoms with Crippen LogP contribution < -0.4 is 10.1 Å². The number of tetrazole rings is 1. The lowest BCUT2D eigenvalue weighted by atomic mass is 9.94. The molecule has 0 spiro atoms. The minimum atomic E-state index is -0.702. The van der Waals surface area contributed by atoms with Gasteiger partial charge < -0.3 is 10.1 Å². The number of pyridine rings is 1. The Balaban J connectivity index is 1.46.